The first-order valence-electron chi connectivity index (χ1n) is 7.57. The largest absolute Gasteiger partial charge is 0.369 e. The predicted molar refractivity (Wildman–Crippen MR) is 82.1 cm³/mol. The normalized spacial score (nSPS) is 24.0. The van der Waals surface area contributed by atoms with Crippen molar-refractivity contribution in [3.63, 3.8) is 0 Å². The molecule has 2 fully saturated rings. The maximum Gasteiger partial charge on any atom is 0.228 e. The number of rotatable bonds is 4. The van der Waals surface area contributed by atoms with Crippen LogP contribution in [-0.4, -0.2) is 24.3 Å². The summed E-state index contributed by atoms with van der Waals surface area (Å²) in [7, 11) is 0. The second kappa shape index (κ2) is 5.79. The van der Waals surface area contributed by atoms with Crippen LogP contribution in [-0.2, 0) is 14.4 Å². The van der Waals surface area contributed by atoms with Crippen molar-refractivity contribution < 1.29 is 14.4 Å². The second-order valence-electron chi connectivity index (χ2n) is 5.88. The first-order valence-corrected chi connectivity index (χ1v) is 7.57. The summed E-state index contributed by atoms with van der Waals surface area (Å²) in [6.07, 6.45) is 2.85. The maximum absolute atomic E-state index is 12.1. The van der Waals surface area contributed by atoms with Crippen molar-refractivity contribution in [2.24, 2.45) is 17.6 Å². The van der Waals surface area contributed by atoms with E-state index < -0.39 is 5.91 Å². The van der Waals surface area contributed by atoms with Gasteiger partial charge in [-0.05, 0) is 43.5 Å². The molecule has 3 amide bonds. The zero-order valence-corrected chi connectivity index (χ0v) is 12.2. The summed E-state index contributed by atoms with van der Waals surface area (Å²) in [5.74, 6) is -1.11. The average Bonchev–Trinajstić information content (AvgIpc) is 2.84. The molecule has 0 radical (unpaired) electrons. The number of hydrogen-bond donors (Lipinski definition) is 2. The third-order valence-corrected chi connectivity index (χ3v) is 4.50. The molecule has 0 aromatic heterocycles. The molecular weight excluding hydrogens is 282 g/mol. The Morgan fingerprint density at radius 3 is 2.32 bits per heavy atom. The van der Waals surface area contributed by atoms with E-state index in [2.05, 4.69) is 5.32 Å². The zero-order chi connectivity index (χ0) is 15.7. The summed E-state index contributed by atoms with van der Waals surface area (Å²) in [5.41, 5.74) is 6.77. The molecular formula is C16H19N3O3. The maximum atomic E-state index is 12.1. The van der Waals surface area contributed by atoms with Crippen molar-refractivity contribution >= 4 is 29.1 Å². The van der Waals surface area contributed by atoms with Crippen LogP contribution in [0.15, 0.2) is 24.3 Å². The van der Waals surface area contributed by atoms with Crippen LogP contribution < -0.4 is 16.0 Å². The van der Waals surface area contributed by atoms with Crippen LogP contribution in [0, 0.1) is 11.8 Å². The lowest BCUT2D eigenvalue weighted by Crippen LogP contribution is -2.43. The van der Waals surface area contributed by atoms with E-state index in [-0.39, 0.29) is 23.7 Å². The summed E-state index contributed by atoms with van der Waals surface area (Å²) in [6, 6.07) is 7.20. The van der Waals surface area contributed by atoms with Crippen molar-refractivity contribution in [3.8, 4) is 0 Å². The Bertz CT molecular complexity index is 612. The molecule has 1 aromatic rings. The molecule has 1 aliphatic carbocycles. The van der Waals surface area contributed by atoms with E-state index in [9.17, 15) is 14.4 Å². The lowest BCUT2D eigenvalue weighted by molar-refractivity contribution is -0.135. The highest BCUT2D eigenvalue weighted by Crippen LogP contribution is 2.35. The summed E-state index contributed by atoms with van der Waals surface area (Å²) in [6.45, 7) is 0.743. The van der Waals surface area contributed by atoms with Crippen LogP contribution in [0.5, 0.6) is 0 Å². The van der Waals surface area contributed by atoms with Crippen LogP contribution in [0.1, 0.15) is 25.7 Å². The van der Waals surface area contributed by atoms with Gasteiger partial charge in [-0.1, -0.05) is 0 Å². The summed E-state index contributed by atoms with van der Waals surface area (Å²) >= 11 is 0. The number of nitrogens with two attached hydrogens (primary N) is 1. The molecule has 0 bridgehead atoms. The number of amides is 3. The fourth-order valence-electron chi connectivity index (χ4n) is 3.04. The molecule has 2 unspecified atom stereocenters. The van der Waals surface area contributed by atoms with Gasteiger partial charge in [-0.2, -0.15) is 0 Å². The fraction of sp³-hybridized carbons (Fsp3) is 0.438. The topological polar surface area (TPSA) is 92.5 Å². The highest BCUT2D eigenvalue weighted by molar-refractivity contribution is 5.98. The number of carbonyl (C=O) groups excluding carboxylic acids is 3. The van der Waals surface area contributed by atoms with E-state index in [1.165, 1.54) is 0 Å². The molecule has 1 aromatic carbocycles. The highest BCUT2D eigenvalue weighted by atomic mass is 16.2. The first kappa shape index (κ1) is 14.6. The van der Waals surface area contributed by atoms with E-state index in [1.807, 2.05) is 12.1 Å². The molecule has 1 saturated carbocycles. The van der Waals surface area contributed by atoms with Gasteiger partial charge in [0.1, 0.15) is 0 Å². The first-order chi connectivity index (χ1) is 10.6. The number of primary amides is 1. The van der Waals surface area contributed by atoms with Gasteiger partial charge in [-0.25, -0.2) is 0 Å². The molecule has 22 heavy (non-hydrogen) atoms. The molecule has 0 spiro atoms. The third kappa shape index (κ3) is 2.68. The molecule has 6 heteroatoms. The van der Waals surface area contributed by atoms with Gasteiger partial charge >= 0.3 is 0 Å². The van der Waals surface area contributed by atoms with Crippen LogP contribution >= 0.6 is 0 Å². The van der Waals surface area contributed by atoms with Gasteiger partial charge in [-0.15, -0.1) is 0 Å². The van der Waals surface area contributed by atoms with E-state index in [4.69, 9.17) is 5.73 Å². The smallest absolute Gasteiger partial charge is 0.228 e. The average molecular weight is 301 g/mol. The van der Waals surface area contributed by atoms with Gasteiger partial charge in [-0.3, -0.25) is 14.4 Å². The second-order valence-corrected chi connectivity index (χ2v) is 5.88. The fourth-order valence-corrected chi connectivity index (χ4v) is 3.04. The number of benzene rings is 1. The van der Waals surface area contributed by atoms with Gasteiger partial charge in [0.25, 0.3) is 0 Å². The monoisotopic (exact) mass is 301 g/mol. The zero-order valence-electron chi connectivity index (χ0n) is 12.2. The Morgan fingerprint density at radius 2 is 1.82 bits per heavy atom. The van der Waals surface area contributed by atoms with Crippen molar-refractivity contribution in [1.82, 2.24) is 0 Å². The quantitative estimate of drug-likeness (QED) is 0.877. The molecule has 1 heterocycles. The minimum atomic E-state index is -0.408. The Balaban J connectivity index is 1.62. The SMILES string of the molecule is NC(=O)C1CCC1C(=O)Nc1ccc(N2CCCC2=O)cc1. The van der Waals surface area contributed by atoms with Crippen molar-refractivity contribution in [1.29, 1.82) is 0 Å². The Morgan fingerprint density at radius 1 is 1.14 bits per heavy atom. The van der Waals surface area contributed by atoms with Gasteiger partial charge in [0.05, 0.1) is 0 Å². The number of nitrogens with one attached hydrogen (secondary N) is 1. The number of carbonyl (C=O) groups is 3. The van der Waals surface area contributed by atoms with E-state index in [0.29, 0.717) is 24.9 Å². The Hall–Kier alpha value is -2.37. The van der Waals surface area contributed by atoms with Crippen LogP contribution in [0.25, 0.3) is 0 Å². The minimum Gasteiger partial charge on any atom is -0.369 e. The number of nitrogens with zero attached hydrogens (tertiary/aromatic N) is 1. The van der Waals surface area contributed by atoms with E-state index in [0.717, 1.165) is 18.7 Å². The molecule has 6 nitrogen and oxygen atoms in total. The van der Waals surface area contributed by atoms with E-state index in [1.54, 1.807) is 17.0 Å². The van der Waals surface area contributed by atoms with Crippen molar-refractivity contribution in [2.45, 2.75) is 25.7 Å². The molecule has 3 rings (SSSR count). The van der Waals surface area contributed by atoms with Crippen LogP contribution in [0.2, 0.25) is 0 Å². The van der Waals surface area contributed by atoms with Crippen LogP contribution in [0.3, 0.4) is 0 Å². The van der Waals surface area contributed by atoms with E-state index >= 15 is 0 Å². The standard InChI is InChI=1S/C16H19N3O3/c17-15(21)12-7-8-13(12)16(22)18-10-3-5-11(6-4-10)19-9-1-2-14(19)20/h3-6,12-13H,1-2,7-9H2,(H2,17,21)(H,18,22). The molecule has 1 saturated heterocycles. The lowest BCUT2D eigenvalue weighted by atomic mass is 9.72. The van der Waals surface area contributed by atoms with Gasteiger partial charge in [0, 0.05) is 36.2 Å². The van der Waals surface area contributed by atoms with Crippen LogP contribution in [0.4, 0.5) is 11.4 Å². The highest BCUT2D eigenvalue weighted by Gasteiger charge is 2.40. The van der Waals surface area contributed by atoms with Gasteiger partial charge in [0.15, 0.2) is 0 Å². The van der Waals surface area contributed by atoms with Crippen molar-refractivity contribution in [3.05, 3.63) is 24.3 Å². The summed E-state index contributed by atoms with van der Waals surface area (Å²) in [5, 5.41) is 2.81. The number of hydrogen-bond acceptors (Lipinski definition) is 3. The van der Waals surface area contributed by atoms with Gasteiger partial charge < -0.3 is 16.0 Å². The molecule has 2 atom stereocenters. The summed E-state index contributed by atoms with van der Waals surface area (Å²) < 4.78 is 0. The predicted octanol–water partition coefficient (Wildman–Crippen LogP) is 1.26. The molecule has 2 aliphatic rings. The molecule has 116 valence electrons. The minimum absolute atomic E-state index is 0.135. The Labute approximate surface area is 128 Å². The lowest BCUT2D eigenvalue weighted by Gasteiger charge is -2.32. The van der Waals surface area contributed by atoms with Gasteiger partial charge in [0.2, 0.25) is 17.7 Å². The molecule has 1 aliphatic heterocycles. The summed E-state index contributed by atoms with van der Waals surface area (Å²) in [4.78, 5) is 36.7. The molecule has 3 N–H and O–H groups in total. The number of anilines is 2. The van der Waals surface area contributed by atoms with Crippen molar-refractivity contribution in [2.75, 3.05) is 16.8 Å². The third-order valence-electron chi connectivity index (χ3n) is 4.50. The Kier molecular flexibility index (Phi) is 3.83.